The number of rotatable bonds is 7. The van der Waals surface area contributed by atoms with Gasteiger partial charge in [-0.15, -0.1) is 23.8 Å². The van der Waals surface area contributed by atoms with E-state index in [1.54, 1.807) is 12.4 Å². The van der Waals surface area contributed by atoms with Crippen molar-refractivity contribution in [2.24, 2.45) is 5.92 Å². The Balaban J connectivity index is 0.000000219. The third-order valence-electron chi connectivity index (χ3n) is 11.5. The van der Waals surface area contributed by atoms with E-state index in [-0.39, 0.29) is 25.5 Å². The fourth-order valence-corrected chi connectivity index (χ4v) is 11.9. The van der Waals surface area contributed by atoms with Gasteiger partial charge in [0.2, 0.25) is 0 Å². The Labute approximate surface area is 387 Å². The number of para-hydroxylation sites is 2. The summed E-state index contributed by atoms with van der Waals surface area (Å²) in [5, 5.41) is 4.54. The topological polar surface area (TPSA) is 56.7 Å². The van der Waals surface area contributed by atoms with Crippen LogP contribution in [-0.4, -0.2) is 32.8 Å². The van der Waals surface area contributed by atoms with Crippen LogP contribution in [0.1, 0.15) is 45.7 Å². The van der Waals surface area contributed by atoms with Gasteiger partial charge in [0.15, 0.2) is 0 Å². The van der Waals surface area contributed by atoms with Gasteiger partial charge in [0.25, 0.3) is 0 Å². The maximum atomic E-state index is 6.29. The van der Waals surface area contributed by atoms with Crippen molar-refractivity contribution in [1.29, 1.82) is 0 Å². The van der Waals surface area contributed by atoms with Gasteiger partial charge in [0.1, 0.15) is 5.58 Å². The molecule has 10 aromatic rings. The molecule has 0 fully saturated rings. The van der Waals surface area contributed by atoms with Gasteiger partial charge in [0, 0.05) is 31.2 Å². The Morgan fingerprint density at radius 1 is 0.714 bits per heavy atom. The molecule has 4 heterocycles. The number of imidazole rings is 1. The molecule has 1 radical (unpaired) electrons. The number of hydrogen-bond donors (Lipinski definition) is 0. The van der Waals surface area contributed by atoms with Crippen LogP contribution in [0.15, 0.2) is 156 Å². The number of hydrogen-bond acceptors (Lipinski definition) is 4. The summed E-state index contributed by atoms with van der Waals surface area (Å²) in [5.41, 5.74) is 12.9. The van der Waals surface area contributed by atoms with E-state index < -0.39 is 13.3 Å². The van der Waals surface area contributed by atoms with E-state index in [2.05, 4.69) is 200 Å². The molecule has 0 atom stereocenters. The Bertz CT molecular complexity index is 3210. The van der Waals surface area contributed by atoms with Crippen molar-refractivity contribution >= 4 is 61.4 Å². The van der Waals surface area contributed by atoms with Gasteiger partial charge in [-0.05, 0) is 69.3 Å². The minimum absolute atomic E-state index is 0. The number of nitrogens with zero attached hydrogens (tertiary/aromatic N) is 4. The van der Waals surface area contributed by atoms with E-state index in [4.69, 9.17) is 9.40 Å². The van der Waals surface area contributed by atoms with Crippen molar-refractivity contribution < 1.29 is 24.5 Å². The number of aromatic nitrogens is 4. The molecule has 4 aromatic heterocycles. The molecular weight excluding hydrogens is 1010 g/mol. The Morgan fingerprint density at radius 3 is 2.14 bits per heavy atom. The minimum atomic E-state index is -1.87. The molecule has 0 aliphatic rings. The molecule has 0 saturated carbocycles. The Hall–Kier alpha value is -5.66. The van der Waals surface area contributed by atoms with Crippen LogP contribution in [0.25, 0.3) is 83.2 Å². The first-order valence-electron chi connectivity index (χ1n) is 21.6. The van der Waals surface area contributed by atoms with Crippen molar-refractivity contribution in [2.75, 3.05) is 0 Å². The molecule has 317 valence electrons. The summed E-state index contributed by atoms with van der Waals surface area (Å²) < 4.78 is 10.1. The first-order valence-corrected chi connectivity index (χ1v) is 28.9. The number of benzene rings is 6. The van der Waals surface area contributed by atoms with Gasteiger partial charge < -0.3 is 8.98 Å². The fourth-order valence-electron chi connectivity index (χ4n) is 8.53. The quantitative estimate of drug-likeness (QED) is 0.118. The number of furan rings is 1. The normalized spacial score (nSPS) is 11.9. The van der Waals surface area contributed by atoms with Gasteiger partial charge >= 0.3 is 125 Å². The summed E-state index contributed by atoms with van der Waals surface area (Å²) in [7, 11) is 0. The fraction of sp³-hybridized carbons (Fsp3) is 0.196. The Kier molecular flexibility index (Phi) is 12.5. The molecule has 0 saturated heterocycles. The molecular formula is C56H52GeIrN4O-2. The van der Waals surface area contributed by atoms with Crippen LogP contribution in [0.2, 0.25) is 17.3 Å². The van der Waals surface area contributed by atoms with Crippen molar-refractivity contribution in [3.8, 4) is 39.5 Å². The van der Waals surface area contributed by atoms with Crippen molar-refractivity contribution in [1.82, 2.24) is 19.5 Å². The molecule has 0 aliphatic heterocycles. The molecule has 5 nitrogen and oxygen atoms in total. The second-order valence-corrected chi connectivity index (χ2v) is 29.3. The summed E-state index contributed by atoms with van der Waals surface area (Å²) in [5.74, 6) is 8.82. The molecule has 0 amide bonds. The summed E-state index contributed by atoms with van der Waals surface area (Å²) in [6.07, 6.45) is 6.74. The van der Waals surface area contributed by atoms with Crippen LogP contribution >= 0.6 is 0 Å². The van der Waals surface area contributed by atoms with E-state index in [1.807, 2.05) is 18.2 Å². The predicted octanol–water partition coefficient (Wildman–Crippen LogP) is 14.2. The molecule has 6 aromatic carbocycles. The van der Waals surface area contributed by atoms with E-state index >= 15 is 0 Å². The standard InChI is InChI=1S/C39H29N2O.C17H23GeN2.Ir/c1-39(2,3)32-23-28(25-11-5-4-6-12-25)17-19-34(32)41-35-16-10-9-15-33(35)40-38(41)29-18-20-36-30(22-29)31-21-26-13-7-8-14-27(26)24-37(31)42-36;1-13(2)10-15-11-17(14-6-8-19-9-7-14)20-12-16(15)18(3,4)5;/h4-17,19-24H,1-3H3;6,8-9,11-13H,10H2,1-5H3;/q2*-1;. The summed E-state index contributed by atoms with van der Waals surface area (Å²) >= 11 is -1.87. The molecule has 0 N–H and O–H groups in total. The summed E-state index contributed by atoms with van der Waals surface area (Å²) in [6, 6.07) is 53.6. The zero-order valence-corrected chi connectivity index (χ0v) is 41.7. The molecule has 0 bridgehead atoms. The molecule has 0 spiro atoms. The summed E-state index contributed by atoms with van der Waals surface area (Å²) in [6.45, 7) is 11.4. The van der Waals surface area contributed by atoms with Crippen LogP contribution in [0, 0.1) is 18.1 Å². The first-order chi connectivity index (χ1) is 29.8. The largest absolute Gasteiger partial charge is 0 e. The van der Waals surface area contributed by atoms with E-state index in [9.17, 15) is 0 Å². The predicted molar refractivity (Wildman–Crippen MR) is 262 cm³/mol. The van der Waals surface area contributed by atoms with Crippen LogP contribution in [0.5, 0.6) is 0 Å². The van der Waals surface area contributed by atoms with Gasteiger partial charge in [-0.25, -0.2) is 0 Å². The van der Waals surface area contributed by atoms with Crippen LogP contribution in [0.4, 0.5) is 0 Å². The van der Waals surface area contributed by atoms with Crippen LogP contribution < -0.4 is 4.40 Å². The minimum Gasteiger partial charge on any atom is 0 e. The molecule has 63 heavy (non-hydrogen) atoms. The van der Waals surface area contributed by atoms with Crippen molar-refractivity contribution in [2.45, 2.75) is 63.7 Å². The van der Waals surface area contributed by atoms with Crippen molar-refractivity contribution in [3.05, 3.63) is 175 Å². The Morgan fingerprint density at radius 2 is 1.43 bits per heavy atom. The first kappa shape index (κ1) is 44.0. The van der Waals surface area contributed by atoms with Gasteiger partial charge in [-0.1, -0.05) is 99.0 Å². The molecule has 0 aliphatic carbocycles. The van der Waals surface area contributed by atoms with Crippen LogP contribution in [-0.2, 0) is 31.9 Å². The van der Waals surface area contributed by atoms with Gasteiger partial charge in [-0.2, -0.15) is 0 Å². The zero-order chi connectivity index (χ0) is 43.2. The van der Waals surface area contributed by atoms with Crippen molar-refractivity contribution in [3.63, 3.8) is 0 Å². The molecule has 0 unspecified atom stereocenters. The van der Waals surface area contributed by atoms with E-state index in [1.165, 1.54) is 37.4 Å². The smallest absolute Gasteiger partial charge is 0 e. The SMILES string of the molecule is CC(C)(C)c1cc(-c2ccccc2)ccc1-n1c(-c2[c-]cc3oc4cc5ccccc5cc4c3c2)nc2ccccc21.CC(C)Cc1cc(-c2[c-]cncc2)nc[c]1[Ge]([CH3])([CH3])[CH3].[Ir]. The average Bonchev–Trinajstić information content (AvgIpc) is 3.83. The average molecular weight is 1060 g/mol. The number of fused-ring (bicyclic) bond motifs is 5. The number of pyridine rings is 2. The third kappa shape index (κ3) is 9.08. The molecule has 10 rings (SSSR count). The maximum absolute atomic E-state index is 6.29. The van der Waals surface area contributed by atoms with E-state index in [0.717, 1.165) is 67.7 Å². The van der Waals surface area contributed by atoms with Gasteiger partial charge in [0.05, 0.1) is 22.4 Å². The summed E-state index contributed by atoms with van der Waals surface area (Å²) in [4.78, 5) is 13.9. The van der Waals surface area contributed by atoms with Crippen LogP contribution in [0.3, 0.4) is 0 Å². The second kappa shape index (κ2) is 17.8. The van der Waals surface area contributed by atoms with Gasteiger partial charge in [-0.3, -0.25) is 4.98 Å². The third-order valence-corrected chi connectivity index (χ3v) is 15.9. The molecule has 7 heteroatoms. The monoisotopic (exact) mass is 1060 g/mol. The zero-order valence-electron chi connectivity index (χ0n) is 37.2. The van der Waals surface area contributed by atoms with E-state index in [0.29, 0.717) is 5.92 Å². The maximum Gasteiger partial charge on any atom is 0 e. The second-order valence-electron chi connectivity index (χ2n) is 18.8.